The minimum atomic E-state index is 0.268. The van der Waals surface area contributed by atoms with Crippen molar-refractivity contribution in [2.24, 2.45) is 0 Å². The van der Waals surface area contributed by atoms with E-state index in [9.17, 15) is 4.79 Å². The number of carbonyl (C=O) groups is 1. The molecule has 0 saturated carbocycles. The van der Waals surface area contributed by atoms with Crippen molar-refractivity contribution < 1.29 is 4.79 Å². The van der Waals surface area contributed by atoms with Crippen molar-refractivity contribution in [2.75, 3.05) is 0 Å². The molecule has 0 atom stereocenters. The summed E-state index contributed by atoms with van der Waals surface area (Å²) in [6.45, 7) is 2.92. The normalized spacial score (nSPS) is 14.1. The molecule has 17 heavy (non-hydrogen) atoms. The van der Waals surface area contributed by atoms with Crippen molar-refractivity contribution in [1.29, 1.82) is 0 Å². The van der Waals surface area contributed by atoms with E-state index in [2.05, 4.69) is 18.1 Å². The molecule has 0 aliphatic heterocycles. The van der Waals surface area contributed by atoms with Crippen LogP contribution in [0.5, 0.6) is 0 Å². The first-order valence-corrected chi connectivity index (χ1v) is 5.98. The lowest BCUT2D eigenvalue weighted by atomic mass is 10.0. The van der Waals surface area contributed by atoms with Gasteiger partial charge in [-0.25, -0.2) is 0 Å². The summed E-state index contributed by atoms with van der Waals surface area (Å²) in [6, 6.07) is 7.99. The van der Waals surface area contributed by atoms with Crippen LogP contribution in [0.3, 0.4) is 0 Å². The summed E-state index contributed by atoms with van der Waals surface area (Å²) in [5.74, 6) is 0.268. The van der Waals surface area contributed by atoms with Crippen LogP contribution in [0.15, 0.2) is 30.5 Å². The standard InChI is InChI=1S/C14H14N2O/c1-2-16-13(8-9-15-16)11-4-3-5-12-10(11)6-7-14(12)17/h3-5,8-9H,2,6-7H2,1H3. The number of hydrogen-bond donors (Lipinski definition) is 0. The molecule has 0 fully saturated rings. The third-order valence-electron chi connectivity index (χ3n) is 3.37. The molecule has 3 heteroatoms. The van der Waals surface area contributed by atoms with Crippen LogP contribution in [0.4, 0.5) is 0 Å². The maximum absolute atomic E-state index is 11.7. The zero-order valence-corrected chi connectivity index (χ0v) is 9.81. The monoisotopic (exact) mass is 226 g/mol. The van der Waals surface area contributed by atoms with Crippen molar-refractivity contribution >= 4 is 5.78 Å². The van der Waals surface area contributed by atoms with Crippen LogP contribution in [-0.4, -0.2) is 15.6 Å². The maximum Gasteiger partial charge on any atom is 0.163 e. The van der Waals surface area contributed by atoms with Crippen LogP contribution in [0.2, 0.25) is 0 Å². The Balaban J connectivity index is 2.20. The highest BCUT2D eigenvalue weighted by Gasteiger charge is 2.23. The second-order valence-corrected chi connectivity index (χ2v) is 4.29. The van der Waals surface area contributed by atoms with Gasteiger partial charge in [-0.05, 0) is 25.0 Å². The number of nitrogens with zero attached hydrogens (tertiary/aromatic N) is 2. The van der Waals surface area contributed by atoms with E-state index in [4.69, 9.17) is 0 Å². The minimum Gasteiger partial charge on any atom is -0.294 e. The molecule has 2 aromatic rings. The lowest BCUT2D eigenvalue weighted by molar-refractivity contribution is 0.0994. The molecule has 0 amide bonds. The summed E-state index contributed by atoms with van der Waals surface area (Å²) in [5, 5.41) is 4.29. The lowest BCUT2D eigenvalue weighted by Gasteiger charge is -2.09. The fraction of sp³-hybridized carbons (Fsp3) is 0.286. The van der Waals surface area contributed by atoms with Gasteiger partial charge in [-0.2, -0.15) is 5.10 Å². The Kier molecular flexibility index (Phi) is 2.32. The first-order chi connectivity index (χ1) is 8.31. The topological polar surface area (TPSA) is 34.9 Å². The summed E-state index contributed by atoms with van der Waals surface area (Å²) in [7, 11) is 0. The van der Waals surface area contributed by atoms with Crippen molar-refractivity contribution in [2.45, 2.75) is 26.3 Å². The van der Waals surface area contributed by atoms with Gasteiger partial charge in [0, 0.05) is 30.3 Å². The van der Waals surface area contributed by atoms with Crippen LogP contribution in [0.1, 0.15) is 29.3 Å². The van der Waals surface area contributed by atoms with Crippen molar-refractivity contribution in [3.8, 4) is 11.3 Å². The highest BCUT2D eigenvalue weighted by molar-refractivity contribution is 6.02. The van der Waals surface area contributed by atoms with E-state index in [0.29, 0.717) is 6.42 Å². The molecular weight excluding hydrogens is 212 g/mol. The first-order valence-electron chi connectivity index (χ1n) is 5.98. The largest absolute Gasteiger partial charge is 0.294 e. The minimum absolute atomic E-state index is 0.268. The van der Waals surface area contributed by atoms with Gasteiger partial charge in [0.25, 0.3) is 0 Å². The molecule has 0 radical (unpaired) electrons. The number of aryl methyl sites for hydroxylation is 1. The summed E-state index contributed by atoms with van der Waals surface area (Å²) in [4.78, 5) is 11.7. The van der Waals surface area contributed by atoms with Crippen molar-refractivity contribution in [3.63, 3.8) is 0 Å². The molecule has 1 aromatic heterocycles. The third-order valence-corrected chi connectivity index (χ3v) is 3.37. The molecule has 86 valence electrons. The number of ketones is 1. The van der Waals surface area contributed by atoms with Crippen LogP contribution >= 0.6 is 0 Å². The summed E-state index contributed by atoms with van der Waals surface area (Å²) < 4.78 is 1.97. The number of aromatic nitrogens is 2. The third kappa shape index (κ3) is 1.50. The van der Waals surface area contributed by atoms with Crippen molar-refractivity contribution in [3.05, 3.63) is 41.6 Å². The number of Topliss-reactive ketones (excluding diaryl/α,β-unsaturated/α-hetero) is 1. The highest BCUT2D eigenvalue weighted by Crippen LogP contribution is 2.32. The molecular formula is C14H14N2O. The summed E-state index contributed by atoms with van der Waals surface area (Å²) in [5.41, 5.74) is 4.35. The van der Waals surface area contributed by atoms with Gasteiger partial charge >= 0.3 is 0 Å². The van der Waals surface area contributed by atoms with Crippen LogP contribution in [0.25, 0.3) is 11.3 Å². The van der Waals surface area contributed by atoms with Gasteiger partial charge in [0.1, 0.15) is 0 Å². The Hall–Kier alpha value is -1.90. The average Bonchev–Trinajstić information content (AvgIpc) is 2.96. The van der Waals surface area contributed by atoms with E-state index < -0.39 is 0 Å². The smallest absolute Gasteiger partial charge is 0.163 e. The maximum atomic E-state index is 11.7. The van der Waals surface area contributed by atoms with Gasteiger partial charge in [-0.15, -0.1) is 0 Å². The van der Waals surface area contributed by atoms with Gasteiger partial charge in [-0.1, -0.05) is 18.2 Å². The zero-order valence-electron chi connectivity index (χ0n) is 9.81. The number of fused-ring (bicyclic) bond motifs is 1. The average molecular weight is 226 g/mol. The number of hydrogen-bond acceptors (Lipinski definition) is 2. The molecule has 3 rings (SSSR count). The Morgan fingerprint density at radius 3 is 2.88 bits per heavy atom. The van der Waals surface area contributed by atoms with E-state index >= 15 is 0 Å². The molecule has 1 aliphatic rings. The molecule has 0 spiro atoms. The fourth-order valence-electron chi connectivity index (χ4n) is 2.54. The first kappa shape index (κ1) is 10.3. The molecule has 3 nitrogen and oxygen atoms in total. The van der Waals surface area contributed by atoms with Gasteiger partial charge < -0.3 is 0 Å². The van der Waals surface area contributed by atoms with Gasteiger partial charge in [-0.3, -0.25) is 9.48 Å². The Morgan fingerprint density at radius 1 is 1.24 bits per heavy atom. The van der Waals surface area contributed by atoms with Crippen LogP contribution in [-0.2, 0) is 13.0 Å². The molecule has 0 N–H and O–H groups in total. The fourth-order valence-corrected chi connectivity index (χ4v) is 2.54. The Labute approximate surface area is 100 Å². The second-order valence-electron chi connectivity index (χ2n) is 4.29. The summed E-state index contributed by atoms with van der Waals surface area (Å²) >= 11 is 0. The van der Waals surface area contributed by atoms with Gasteiger partial charge in [0.15, 0.2) is 5.78 Å². The number of carbonyl (C=O) groups excluding carboxylic acids is 1. The van der Waals surface area contributed by atoms with Gasteiger partial charge in [0.05, 0.1) is 5.69 Å². The highest BCUT2D eigenvalue weighted by atomic mass is 16.1. The molecule has 0 saturated heterocycles. The predicted octanol–water partition coefficient (Wildman–Crippen LogP) is 2.70. The van der Waals surface area contributed by atoms with E-state index in [1.54, 1.807) is 0 Å². The predicted molar refractivity (Wildman–Crippen MR) is 66.0 cm³/mol. The van der Waals surface area contributed by atoms with Crippen LogP contribution in [0, 0.1) is 0 Å². The van der Waals surface area contributed by atoms with E-state index in [-0.39, 0.29) is 5.78 Å². The molecule has 1 aliphatic carbocycles. The molecule has 1 heterocycles. The second kappa shape index (κ2) is 3.84. The zero-order chi connectivity index (χ0) is 11.8. The lowest BCUT2D eigenvalue weighted by Crippen LogP contribution is -2.01. The number of benzene rings is 1. The molecule has 0 unspecified atom stereocenters. The molecule has 1 aromatic carbocycles. The number of rotatable bonds is 2. The summed E-state index contributed by atoms with van der Waals surface area (Å²) in [6.07, 6.45) is 3.32. The quantitative estimate of drug-likeness (QED) is 0.789. The van der Waals surface area contributed by atoms with E-state index in [0.717, 1.165) is 29.8 Å². The van der Waals surface area contributed by atoms with Gasteiger partial charge in [0.2, 0.25) is 0 Å². The molecule has 0 bridgehead atoms. The van der Waals surface area contributed by atoms with Crippen molar-refractivity contribution in [1.82, 2.24) is 9.78 Å². The van der Waals surface area contributed by atoms with Crippen LogP contribution < -0.4 is 0 Å². The van der Waals surface area contributed by atoms with E-state index in [1.807, 2.05) is 29.1 Å². The SMILES string of the molecule is CCn1nccc1-c1cccc2c1CCC2=O. The Morgan fingerprint density at radius 2 is 2.06 bits per heavy atom. The Bertz CT molecular complexity index is 584. The van der Waals surface area contributed by atoms with E-state index in [1.165, 1.54) is 5.56 Å².